The van der Waals surface area contributed by atoms with Crippen LogP contribution in [0.4, 0.5) is 5.82 Å². The second-order valence-corrected chi connectivity index (χ2v) is 3.68. The van der Waals surface area contributed by atoms with Crippen molar-refractivity contribution in [3.05, 3.63) is 26.9 Å². The summed E-state index contributed by atoms with van der Waals surface area (Å²) in [4.78, 5) is 22.9. The molecule has 86 valence electrons. The van der Waals surface area contributed by atoms with Gasteiger partial charge in [0.25, 0.3) is 5.56 Å². The van der Waals surface area contributed by atoms with Gasteiger partial charge in [0.15, 0.2) is 0 Å². The Morgan fingerprint density at radius 2 is 2.06 bits per heavy atom. The molecule has 1 aromatic heterocycles. The predicted octanol–water partition coefficient (Wildman–Crippen LogP) is -0.344. The first-order valence-corrected chi connectivity index (χ1v) is 4.88. The molecule has 0 fully saturated rings. The lowest BCUT2D eigenvalue weighted by molar-refractivity contribution is 0.681. The van der Waals surface area contributed by atoms with E-state index in [4.69, 9.17) is 5.26 Å². The van der Waals surface area contributed by atoms with Gasteiger partial charge in [0.2, 0.25) is 0 Å². The topological polar surface area (TPSA) is 79.8 Å². The Morgan fingerprint density at radius 1 is 1.44 bits per heavy atom. The highest BCUT2D eigenvalue weighted by Gasteiger charge is 2.06. The maximum atomic E-state index is 11.5. The van der Waals surface area contributed by atoms with Gasteiger partial charge >= 0.3 is 5.69 Å². The molecule has 0 saturated carbocycles. The highest BCUT2D eigenvalue weighted by molar-refractivity contribution is 5.34. The molecule has 1 heterocycles. The van der Waals surface area contributed by atoms with Crippen LogP contribution in [-0.2, 0) is 14.1 Å². The summed E-state index contributed by atoms with van der Waals surface area (Å²) in [6, 6.07) is 3.40. The number of nitrogens with zero attached hydrogens (tertiary/aromatic N) is 3. The Labute approximate surface area is 92.7 Å². The minimum atomic E-state index is -0.389. The first kappa shape index (κ1) is 12.0. The third-order valence-corrected chi connectivity index (χ3v) is 2.34. The van der Waals surface area contributed by atoms with Crippen molar-refractivity contribution in [1.82, 2.24) is 9.13 Å². The number of rotatable bonds is 3. The largest absolute Gasteiger partial charge is 0.370 e. The molecule has 1 N–H and O–H groups in total. The monoisotopic (exact) mass is 222 g/mol. The molecule has 0 radical (unpaired) electrons. The van der Waals surface area contributed by atoms with E-state index >= 15 is 0 Å². The number of hydrogen-bond acceptors (Lipinski definition) is 4. The second kappa shape index (κ2) is 4.66. The number of anilines is 1. The molecule has 0 aliphatic carbocycles. The lowest BCUT2D eigenvalue weighted by Gasteiger charge is -2.12. The van der Waals surface area contributed by atoms with Gasteiger partial charge in [-0.2, -0.15) is 5.26 Å². The molecule has 1 aromatic rings. The van der Waals surface area contributed by atoms with Crippen LogP contribution in [0.5, 0.6) is 0 Å². The standard InChI is InChI=1S/C10H14N4O2/c1-7(5-11)6-12-8-4-9(15)14(3)10(16)13(8)2/h4,7,12H,6H2,1-3H3. The van der Waals surface area contributed by atoms with Crippen molar-refractivity contribution in [3.8, 4) is 6.07 Å². The summed E-state index contributed by atoms with van der Waals surface area (Å²) < 4.78 is 2.37. The fraction of sp³-hybridized carbons (Fsp3) is 0.500. The molecule has 0 bridgehead atoms. The molecule has 16 heavy (non-hydrogen) atoms. The molecule has 0 saturated heterocycles. The quantitative estimate of drug-likeness (QED) is 0.758. The lowest BCUT2D eigenvalue weighted by atomic mass is 10.2. The Bertz CT molecular complexity index is 535. The summed E-state index contributed by atoms with van der Waals surface area (Å²) >= 11 is 0. The Hall–Kier alpha value is -2.03. The Balaban J connectivity index is 3.04. The van der Waals surface area contributed by atoms with Crippen molar-refractivity contribution >= 4 is 5.82 Å². The lowest BCUT2D eigenvalue weighted by Crippen LogP contribution is -2.37. The van der Waals surface area contributed by atoms with E-state index in [1.807, 2.05) is 0 Å². The van der Waals surface area contributed by atoms with Gasteiger partial charge in [0.05, 0.1) is 12.0 Å². The summed E-state index contributed by atoms with van der Waals surface area (Å²) in [6.07, 6.45) is 0. The number of aromatic nitrogens is 2. The first-order chi connectivity index (χ1) is 7.47. The minimum Gasteiger partial charge on any atom is -0.370 e. The molecule has 0 aliphatic heterocycles. The zero-order valence-electron chi connectivity index (χ0n) is 9.52. The fourth-order valence-electron chi connectivity index (χ4n) is 1.21. The summed E-state index contributed by atoms with van der Waals surface area (Å²) in [5, 5.41) is 11.5. The van der Waals surface area contributed by atoms with Gasteiger partial charge in [-0.3, -0.25) is 13.9 Å². The van der Waals surface area contributed by atoms with Crippen molar-refractivity contribution in [2.45, 2.75) is 6.92 Å². The van der Waals surface area contributed by atoms with Crippen LogP contribution in [0, 0.1) is 17.2 Å². The molecular weight excluding hydrogens is 208 g/mol. The first-order valence-electron chi connectivity index (χ1n) is 4.88. The molecule has 1 atom stereocenters. The average Bonchev–Trinajstić information content (AvgIpc) is 2.28. The third-order valence-electron chi connectivity index (χ3n) is 2.34. The van der Waals surface area contributed by atoms with Crippen molar-refractivity contribution in [1.29, 1.82) is 5.26 Å². The summed E-state index contributed by atoms with van der Waals surface area (Å²) in [7, 11) is 2.99. The van der Waals surface area contributed by atoms with Gasteiger partial charge in [-0.05, 0) is 6.92 Å². The van der Waals surface area contributed by atoms with Crippen LogP contribution in [-0.4, -0.2) is 15.7 Å². The molecule has 1 rings (SSSR count). The van der Waals surface area contributed by atoms with E-state index in [-0.39, 0.29) is 17.2 Å². The van der Waals surface area contributed by atoms with Crippen LogP contribution < -0.4 is 16.6 Å². The van der Waals surface area contributed by atoms with Crippen LogP contribution in [0.25, 0.3) is 0 Å². The van der Waals surface area contributed by atoms with Gasteiger partial charge in [-0.25, -0.2) is 4.79 Å². The van der Waals surface area contributed by atoms with Gasteiger partial charge in [-0.1, -0.05) is 0 Å². The van der Waals surface area contributed by atoms with Crippen molar-refractivity contribution in [3.63, 3.8) is 0 Å². The zero-order chi connectivity index (χ0) is 12.3. The van der Waals surface area contributed by atoms with Crippen LogP contribution >= 0.6 is 0 Å². The van der Waals surface area contributed by atoms with Crippen LogP contribution in [0.15, 0.2) is 15.7 Å². The van der Waals surface area contributed by atoms with E-state index in [0.717, 1.165) is 4.57 Å². The van der Waals surface area contributed by atoms with Crippen molar-refractivity contribution < 1.29 is 0 Å². The summed E-state index contributed by atoms with van der Waals surface area (Å²) in [5.41, 5.74) is -0.755. The maximum absolute atomic E-state index is 11.5. The highest BCUT2D eigenvalue weighted by Crippen LogP contribution is 2.00. The molecule has 0 spiro atoms. The van der Waals surface area contributed by atoms with Crippen molar-refractivity contribution in [2.75, 3.05) is 11.9 Å². The predicted molar refractivity (Wildman–Crippen MR) is 60.2 cm³/mol. The van der Waals surface area contributed by atoms with Crippen LogP contribution in [0.3, 0.4) is 0 Å². The SMILES string of the molecule is CC(C#N)CNc1cc(=O)n(C)c(=O)n1C. The normalized spacial score (nSPS) is 11.9. The minimum absolute atomic E-state index is 0.181. The molecule has 1 unspecified atom stereocenters. The Morgan fingerprint density at radius 3 is 2.62 bits per heavy atom. The number of nitrogens with one attached hydrogen (secondary N) is 1. The van der Waals surface area contributed by atoms with E-state index in [2.05, 4.69) is 11.4 Å². The molecular formula is C10H14N4O2. The molecule has 0 amide bonds. The van der Waals surface area contributed by atoms with Crippen LogP contribution in [0.1, 0.15) is 6.92 Å². The van der Waals surface area contributed by atoms with E-state index in [1.54, 1.807) is 14.0 Å². The molecule has 6 heteroatoms. The molecule has 0 aliphatic rings. The van der Waals surface area contributed by atoms with E-state index in [9.17, 15) is 9.59 Å². The fourth-order valence-corrected chi connectivity index (χ4v) is 1.21. The van der Waals surface area contributed by atoms with Gasteiger partial charge in [0, 0.05) is 26.7 Å². The van der Waals surface area contributed by atoms with Gasteiger partial charge in [0.1, 0.15) is 5.82 Å². The summed E-state index contributed by atoms with van der Waals surface area (Å²) in [5.74, 6) is 0.245. The smallest absolute Gasteiger partial charge is 0.332 e. The van der Waals surface area contributed by atoms with Gasteiger partial charge in [-0.15, -0.1) is 0 Å². The zero-order valence-corrected chi connectivity index (χ0v) is 9.52. The van der Waals surface area contributed by atoms with E-state index in [1.165, 1.54) is 17.7 Å². The molecule has 0 aromatic carbocycles. The number of hydrogen-bond donors (Lipinski definition) is 1. The van der Waals surface area contributed by atoms with Gasteiger partial charge < -0.3 is 5.32 Å². The number of nitriles is 1. The second-order valence-electron chi connectivity index (χ2n) is 3.68. The Kier molecular flexibility index (Phi) is 3.51. The van der Waals surface area contributed by atoms with Crippen molar-refractivity contribution in [2.24, 2.45) is 20.0 Å². The maximum Gasteiger partial charge on any atom is 0.332 e. The van der Waals surface area contributed by atoms with Crippen LogP contribution in [0.2, 0.25) is 0 Å². The molecule has 6 nitrogen and oxygen atoms in total. The third kappa shape index (κ3) is 2.31. The summed E-state index contributed by atoms with van der Waals surface area (Å²) in [6.45, 7) is 2.16. The highest BCUT2D eigenvalue weighted by atomic mass is 16.2. The van der Waals surface area contributed by atoms with E-state index in [0.29, 0.717) is 12.4 Å². The van der Waals surface area contributed by atoms with E-state index < -0.39 is 0 Å². The average molecular weight is 222 g/mol.